The maximum atomic E-state index is 12.5. The van der Waals surface area contributed by atoms with E-state index in [1.807, 2.05) is 0 Å². The molecule has 0 aromatic heterocycles. The topological polar surface area (TPSA) is 424 Å². The van der Waals surface area contributed by atoms with E-state index in [-0.39, 0.29) is 0 Å². The number of carbonyl (C=O) groups is 2. The normalized spacial score (nSPS) is 49.0. The first-order chi connectivity index (χ1) is 29.3. The number of hydrogen-bond acceptors (Lipinski definition) is 25. The van der Waals surface area contributed by atoms with Crippen LogP contribution in [0.15, 0.2) is 0 Å². The van der Waals surface area contributed by atoms with Crippen molar-refractivity contribution in [2.24, 2.45) is 0 Å². The van der Waals surface area contributed by atoms with Gasteiger partial charge in [0.1, 0.15) is 116 Å². The van der Waals surface area contributed by atoms with Crippen molar-refractivity contribution in [3.63, 3.8) is 0 Å². The lowest BCUT2D eigenvalue weighted by Crippen LogP contribution is -2.70. The van der Waals surface area contributed by atoms with Crippen LogP contribution in [-0.2, 0) is 52.2 Å². The van der Waals surface area contributed by atoms with E-state index >= 15 is 0 Å². The second-order valence-corrected chi connectivity index (χ2v) is 15.8. The van der Waals surface area contributed by atoms with E-state index in [4.69, 9.17) is 42.6 Å². The molecule has 25 atom stereocenters. The number of hydrogen-bond donors (Lipinski definition) is 16. The van der Waals surface area contributed by atoms with E-state index in [0.29, 0.717) is 0 Å². The van der Waals surface area contributed by atoms with Crippen LogP contribution in [0.25, 0.3) is 0 Å². The lowest BCUT2D eigenvalue weighted by atomic mass is 9.92. The Hall–Kier alpha value is -1.98. The van der Waals surface area contributed by atoms with Crippen LogP contribution in [0.2, 0.25) is 0 Å². The fraction of sp³-hybridized carbons (Fsp3) is 0.943. The summed E-state index contributed by atoms with van der Waals surface area (Å²) < 4.78 is 51.6. The zero-order chi connectivity index (χ0) is 45.9. The molecule has 5 rings (SSSR count). The number of carbonyl (C=O) groups excluding carboxylic acids is 2. The molecule has 62 heavy (non-hydrogen) atoms. The van der Waals surface area contributed by atoms with Gasteiger partial charge in [-0.25, -0.2) is 0 Å². The Morgan fingerprint density at radius 2 is 0.839 bits per heavy atom. The molecule has 0 saturated carbocycles. The summed E-state index contributed by atoms with van der Waals surface area (Å²) in [5.41, 5.74) is 0. The van der Waals surface area contributed by atoms with Gasteiger partial charge in [-0.2, -0.15) is 0 Å². The van der Waals surface area contributed by atoms with Crippen molar-refractivity contribution in [1.82, 2.24) is 10.6 Å². The Morgan fingerprint density at radius 3 is 1.37 bits per heavy atom. The van der Waals surface area contributed by atoms with Gasteiger partial charge in [-0.05, 0) is 6.92 Å². The third-order valence-electron chi connectivity index (χ3n) is 11.4. The molecular formula is C35H60N2O25. The number of rotatable bonds is 15. The number of nitrogens with one attached hydrogen (secondary N) is 2. The Balaban J connectivity index is 1.41. The minimum Gasteiger partial charge on any atom is -0.394 e. The molecule has 27 heteroatoms. The van der Waals surface area contributed by atoms with Gasteiger partial charge in [0.2, 0.25) is 11.8 Å². The fourth-order valence-corrected chi connectivity index (χ4v) is 7.98. The van der Waals surface area contributed by atoms with Crippen LogP contribution in [0.4, 0.5) is 0 Å². The minimum absolute atomic E-state index is 0.533. The minimum atomic E-state index is -2.16. The third-order valence-corrected chi connectivity index (χ3v) is 11.4. The molecule has 360 valence electrons. The molecule has 0 aromatic rings. The summed E-state index contributed by atoms with van der Waals surface area (Å²) in [6.07, 6.45) is -40.1. The molecule has 5 saturated heterocycles. The summed E-state index contributed by atoms with van der Waals surface area (Å²) in [6, 6.07) is -2.68. The molecule has 0 aliphatic carbocycles. The standard InChI is InChI=1S/C35H60N2O25/c1-9-17(36-10(2)42)22(47)29(14(6-40)55-9)60-32-18(37-11(3)43)23(48)30(15(7-41)58-32)61-35-28(53)31(62-34-27(52)25(50)20(45)13(5-39)57-34)21(46)16(59-35)8-54-33-26(51)24(49)19(44)12(4-38)56-33/h9,12-35,38-41,44-53H,4-8H2,1-3H3,(H,36,42)(H,37,43)/t9?,12?,13-,14?,15?,16?,17?,18?,19?,20?,21?,22?,23?,24?,25?,26?,27?,28?,29?,30?,31?,32?,33?,34-,35?/m1/s1. The van der Waals surface area contributed by atoms with E-state index < -0.39 is 198 Å². The van der Waals surface area contributed by atoms with Crippen LogP contribution < -0.4 is 10.6 Å². The third kappa shape index (κ3) is 11.0. The first-order valence-electron chi connectivity index (χ1n) is 19.9. The van der Waals surface area contributed by atoms with Crippen molar-refractivity contribution in [2.75, 3.05) is 33.0 Å². The summed E-state index contributed by atoms with van der Waals surface area (Å²) in [5.74, 6) is -1.29. The van der Waals surface area contributed by atoms with Crippen molar-refractivity contribution in [1.29, 1.82) is 0 Å². The van der Waals surface area contributed by atoms with Gasteiger partial charge in [0.05, 0.1) is 45.2 Å². The van der Waals surface area contributed by atoms with Gasteiger partial charge in [0.15, 0.2) is 25.2 Å². The van der Waals surface area contributed by atoms with E-state index in [2.05, 4.69) is 10.6 Å². The lowest BCUT2D eigenvalue weighted by Gasteiger charge is -2.50. The van der Waals surface area contributed by atoms with Crippen molar-refractivity contribution in [2.45, 2.75) is 174 Å². The van der Waals surface area contributed by atoms with Gasteiger partial charge in [-0.15, -0.1) is 0 Å². The molecule has 0 spiro atoms. The number of amides is 2. The molecule has 5 heterocycles. The van der Waals surface area contributed by atoms with Crippen LogP contribution in [0.1, 0.15) is 20.8 Å². The second kappa shape index (κ2) is 22.0. The van der Waals surface area contributed by atoms with Gasteiger partial charge in [-0.3, -0.25) is 9.59 Å². The highest BCUT2D eigenvalue weighted by Gasteiger charge is 2.56. The van der Waals surface area contributed by atoms with Gasteiger partial charge in [0.25, 0.3) is 0 Å². The van der Waals surface area contributed by atoms with Crippen LogP contribution in [0.5, 0.6) is 0 Å². The van der Waals surface area contributed by atoms with Crippen LogP contribution >= 0.6 is 0 Å². The summed E-state index contributed by atoms with van der Waals surface area (Å²) in [4.78, 5) is 24.4. The largest absolute Gasteiger partial charge is 0.394 e. The lowest BCUT2D eigenvalue weighted by molar-refractivity contribution is -0.383. The van der Waals surface area contributed by atoms with Crippen LogP contribution in [-0.4, -0.2) is 270 Å². The predicted molar refractivity (Wildman–Crippen MR) is 193 cm³/mol. The molecule has 23 unspecified atom stereocenters. The first kappa shape index (κ1) is 51.0. The summed E-state index contributed by atoms with van der Waals surface area (Å²) in [7, 11) is 0. The predicted octanol–water partition coefficient (Wildman–Crippen LogP) is -10.6. The summed E-state index contributed by atoms with van der Waals surface area (Å²) in [6.45, 7) is -0.399. The Morgan fingerprint density at radius 1 is 0.435 bits per heavy atom. The van der Waals surface area contributed by atoms with Crippen molar-refractivity contribution < 1.29 is 124 Å². The smallest absolute Gasteiger partial charge is 0.217 e. The van der Waals surface area contributed by atoms with Gasteiger partial charge in [0, 0.05) is 13.8 Å². The molecule has 5 aliphatic rings. The Bertz CT molecular complexity index is 1440. The van der Waals surface area contributed by atoms with E-state index in [9.17, 15) is 81.1 Å². The molecule has 27 nitrogen and oxygen atoms in total. The number of aliphatic hydroxyl groups excluding tert-OH is 14. The fourth-order valence-electron chi connectivity index (χ4n) is 7.98. The maximum Gasteiger partial charge on any atom is 0.217 e. The monoisotopic (exact) mass is 908 g/mol. The highest BCUT2D eigenvalue weighted by Crippen LogP contribution is 2.35. The number of aliphatic hydroxyl groups is 14. The van der Waals surface area contributed by atoms with E-state index in [1.54, 1.807) is 0 Å². The van der Waals surface area contributed by atoms with Gasteiger partial charge < -0.3 is 125 Å². The van der Waals surface area contributed by atoms with Gasteiger partial charge in [-0.1, -0.05) is 0 Å². The molecule has 16 N–H and O–H groups in total. The molecule has 2 amide bonds. The average molecular weight is 909 g/mol. The zero-order valence-electron chi connectivity index (χ0n) is 33.7. The Labute approximate surface area is 353 Å². The van der Waals surface area contributed by atoms with Crippen LogP contribution in [0.3, 0.4) is 0 Å². The highest BCUT2D eigenvalue weighted by molar-refractivity contribution is 5.73. The molecular weight excluding hydrogens is 848 g/mol. The van der Waals surface area contributed by atoms with Crippen molar-refractivity contribution in [3.8, 4) is 0 Å². The van der Waals surface area contributed by atoms with E-state index in [1.165, 1.54) is 13.8 Å². The van der Waals surface area contributed by atoms with Gasteiger partial charge >= 0.3 is 0 Å². The average Bonchev–Trinajstić information content (AvgIpc) is 3.23. The molecule has 5 aliphatic heterocycles. The molecule has 0 bridgehead atoms. The van der Waals surface area contributed by atoms with E-state index in [0.717, 1.165) is 6.92 Å². The second-order valence-electron chi connectivity index (χ2n) is 15.8. The van der Waals surface area contributed by atoms with Crippen molar-refractivity contribution in [3.05, 3.63) is 0 Å². The molecule has 0 aromatic carbocycles. The zero-order valence-corrected chi connectivity index (χ0v) is 33.7. The Kier molecular flexibility index (Phi) is 18.1. The maximum absolute atomic E-state index is 12.5. The molecule has 5 fully saturated rings. The first-order valence-corrected chi connectivity index (χ1v) is 19.9. The number of ether oxygens (including phenoxy) is 9. The molecule has 0 radical (unpaired) electrons. The highest BCUT2D eigenvalue weighted by atomic mass is 16.8. The van der Waals surface area contributed by atoms with Crippen molar-refractivity contribution >= 4 is 11.8 Å². The summed E-state index contributed by atoms with van der Waals surface area (Å²) in [5, 5.41) is 153. The van der Waals surface area contributed by atoms with Crippen LogP contribution in [0, 0.1) is 0 Å². The summed E-state index contributed by atoms with van der Waals surface area (Å²) >= 11 is 0. The SMILES string of the molecule is CC(=O)NC1C(C)OC(CO)C(OC2OC(CO)C(OC3OC(COC4OC(CO)C(O)C(O)C4O)C(O)C(O[C@H]4O[C@H](CO)C(O)C(O)C4O)C3O)C(O)C2NC(C)=O)C1O. The quantitative estimate of drug-likeness (QED) is 0.0725.